The van der Waals surface area contributed by atoms with Gasteiger partial charge in [0.25, 0.3) is 0 Å². The number of piperidine rings is 1. The lowest BCUT2D eigenvalue weighted by atomic mass is 9.90. The predicted molar refractivity (Wildman–Crippen MR) is 65.7 cm³/mol. The van der Waals surface area contributed by atoms with Gasteiger partial charge in [0.15, 0.2) is 6.33 Å². The van der Waals surface area contributed by atoms with E-state index in [2.05, 4.69) is 41.3 Å². The van der Waals surface area contributed by atoms with Gasteiger partial charge >= 0.3 is 0 Å². The van der Waals surface area contributed by atoms with Crippen LogP contribution in [0.5, 0.6) is 0 Å². The third-order valence-corrected chi connectivity index (χ3v) is 3.76. The normalized spacial score (nSPS) is 30.6. The fraction of sp³-hybridized carbons (Fsp3) is 0.833. The van der Waals surface area contributed by atoms with Crippen LogP contribution < -0.4 is 5.32 Å². The zero-order valence-electron chi connectivity index (χ0n) is 10.9. The van der Waals surface area contributed by atoms with Crippen molar-refractivity contribution in [3.63, 3.8) is 0 Å². The summed E-state index contributed by atoms with van der Waals surface area (Å²) in [5, 5.41) is 7.21. The molecule has 0 amide bonds. The molecule has 1 aromatic heterocycles. The lowest BCUT2D eigenvalue weighted by Crippen LogP contribution is -2.51. The molecule has 2 heterocycles. The molecule has 17 heavy (non-hydrogen) atoms. The van der Waals surface area contributed by atoms with Crippen molar-refractivity contribution in [3.05, 3.63) is 12.2 Å². The summed E-state index contributed by atoms with van der Waals surface area (Å²) in [4.78, 5) is 6.45. The second kappa shape index (κ2) is 5.60. The Labute approximate surface area is 103 Å². The Balaban J connectivity index is 1.75. The fourth-order valence-electron chi connectivity index (χ4n) is 2.50. The van der Waals surface area contributed by atoms with Crippen LogP contribution in [0.15, 0.2) is 10.9 Å². The maximum atomic E-state index is 4.98. The minimum Gasteiger partial charge on any atom is -0.340 e. The number of rotatable bonds is 4. The van der Waals surface area contributed by atoms with Crippen LogP contribution in [0.25, 0.3) is 0 Å². The van der Waals surface area contributed by atoms with Crippen molar-refractivity contribution in [2.45, 2.75) is 38.8 Å². The Kier molecular flexibility index (Phi) is 4.12. The van der Waals surface area contributed by atoms with Gasteiger partial charge in [0.2, 0.25) is 5.89 Å². The van der Waals surface area contributed by atoms with Crippen LogP contribution in [0.3, 0.4) is 0 Å². The van der Waals surface area contributed by atoms with Crippen LogP contribution in [-0.2, 0) is 6.42 Å². The van der Waals surface area contributed by atoms with E-state index in [1.165, 1.54) is 19.3 Å². The SMILES string of the molecule is CC1CN(C)C(C)CC1NCCc1ncno1. The summed E-state index contributed by atoms with van der Waals surface area (Å²) in [6, 6.07) is 1.26. The highest BCUT2D eigenvalue weighted by molar-refractivity contribution is 4.87. The molecule has 0 saturated carbocycles. The van der Waals surface area contributed by atoms with Crippen LogP contribution >= 0.6 is 0 Å². The van der Waals surface area contributed by atoms with Gasteiger partial charge in [0.1, 0.15) is 0 Å². The summed E-state index contributed by atoms with van der Waals surface area (Å²) in [6.07, 6.45) is 3.48. The van der Waals surface area contributed by atoms with Gasteiger partial charge in [-0.1, -0.05) is 12.1 Å². The minimum absolute atomic E-state index is 0.601. The average molecular weight is 238 g/mol. The van der Waals surface area contributed by atoms with Crippen molar-refractivity contribution >= 4 is 0 Å². The van der Waals surface area contributed by atoms with Crippen molar-refractivity contribution in [2.75, 3.05) is 20.1 Å². The summed E-state index contributed by atoms with van der Waals surface area (Å²) in [5.74, 6) is 1.41. The van der Waals surface area contributed by atoms with Gasteiger partial charge < -0.3 is 14.7 Å². The molecule has 0 aliphatic carbocycles. The van der Waals surface area contributed by atoms with E-state index in [4.69, 9.17) is 4.52 Å². The standard InChI is InChI=1S/C12H22N4O/c1-9-7-16(3)10(2)6-11(9)13-5-4-12-14-8-15-17-12/h8-11,13H,4-7H2,1-3H3. The van der Waals surface area contributed by atoms with Gasteiger partial charge in [0, 0.05) is 31.6 Å². The maximum absolute atomic E-state index is 4.98. The van der Waals surface area contributed by atoms with Gasteiger partial charge in [-0.25, -0.2) is 0 Å². The van der Waals surface area contributed by atoms with Crippen molar-refractivity contribution in [1.82, 2.24) is 20.4 Å². The summed E-state index contributed by atoms with van der Waals surface area (Å²) >= 11 is 0. The maximum Gasteiger partial charge on any atom is 0.227 e. The molecule has 0 radical (unpaired) electrons. The van der Waals surface area contributed by atoms with Gasteiger partial charge in [-0.2, -0.15) is 4.98 Å². The molecule has 1 N–H and O–H groups in total. The highest BCUT2D eigenvalue weighted by Gasteiger charge is 2.28. The van der Waals surface area contributed by atoms with Crippen LogP contribution in [0, 0.1) is 5.92 Å². The van der Waals surface area contributed by atoms with E-state index in [-0.39, 0.29) is 0 Å². The molecule has 1 aliphatic rings. The van der Waals surface area contributed by atoms with Crippen LogP contribution in [0.1, 0.15) is 26.2 Å². The molecule has 1 fully saturated rings. The van der Waals surface area contributed by atoms with Crippen LogP contribution in [0.2, 0.25) is 0 Å². The molecular formula is C12H22N4O. The number of hydrogen-bond donors (Lipinski definition) is 1. The van der Waals surface area contributed by atoms with E-state index in [9.17, 15) is 0 Å². The van der Waals surface area contributed by atoms with E-state index < -0.39 is 0 Å². The Morgan fingerprint density at radius 3 is 3.06 bits per heavy atom. The first-order chi connectivity index (χ1) is 8.16. The van der Waals surface area contributed by atoms with Crippen molar-refractivity contribution in [2.24, 2.45) is 5.92 Å². The zero-order chi connectivity index (χ0) is 12.3. The number of nitrogens with one attached hydrogen (secondary N) is 1. The molecule has 2 rings (SSSR count). The fourth-order valence-corrected chi connectivity index (χ4v) is 2.50. The summed E-state index contributed by atoms with van der Waals surface area (Å²) in [6.45, 7) is 6.68. The van der Waals surface area contributed by atoms with Gasteiger partial charge in [0.05, 0.1) is 0 Å². The second-order valence-electron chi connectivity index (χ2n) is 5.15. The topological polar surface area (TPSA) is 54.2 Å². The summed E-state index contributed by atoms with van der Waals surface area (Å²) < 4.78 is 4.98. The minimum atomic E-state index is 0.601. The summed E-state index contributed by atoms with van der Waals surface area (Å²) in [7, 11) is 2.20. The molecule has 1 aliphatic heterocycles. The monoisotopic (exact) mass is 238 g/mol. The highest BCUT2D eigenvalue weighted by Crippen LogP contribution is 2.20. The molecule has 3 atom stereocenters. The molecule has 3 unspecified atom stereocenters. The number of nitrogens with zero attached hydrogens (tertiary/aromatic N) is 3. The summed E-state index contributed by atoms with van der Waals surface area (Å²) in [5.41, 5.74) is 0. The molecule has 96 valence electrons. The average Bonchev–Trinajstić information content (AvgIpc) is 2.78. The first-order valence-corrected chi connectivity index (χ1v) is 6.36. The highest BCUT2D eigenvalue weighted by atomic mass is 16.5. The molecule has 0 spiro atoms. The van der Waals surface area contributed by atoms with Crippen molar-refractivity contribution in [1.29, 1.82) is 0 Å². The molecule has 1 aromatic rings. The van der Waals surface area contributed by atoms with Crippen molar-refractivity contribution in [3.8, 4) is 0 Å². The van der Waals surface area contributed by atoms with Gasteiger partial charge in [-0.3, -0.25) is 0 Å². The lowest BCUT2D eigenvalue weighted by Gasteiger charge is -2.40. The van der Waals surface area contributed by atoms with E-state index in [0.29, 0.717) is 23.9 Å². The van der Waals surface area contributed by atoms with Gasteiger partial charge in [-0.05, 0) is 26.3 Å². The molecule has 5 heteroatoms. The first-order valence-electron chi connectivity index (χ1n) is 6.36. The van der Waals surface area contributed by atoms with Gasteiger partial charge in [-0.15, -0.1) is 0 Å². The van der Waals surface area contributed by atoms with Crippen molar-refractivity contribution < 1.29 is 4.52 Å². The Morgan fingerprint density at radius 2 is 2.35 bits per heavy atom. The number of hydrogen-bond acceptors (Lipinski definition) is 5. The zero-order valence-corrected chi connectivity index (χ0v) is 10.9. The molecule has 0 bridgehead atoms. The number of likely N-dealkylation sites (tertiary alicyclic amines) is 1. The van der Waals surface area contributed by atoms with Crippen LogP contribution in [0.4, 0.5) is 0 Å². The quantitative estimate of drug-likeness (QED) is 0.845. The molecule has 1 saturated heterocycles. The Morgan fingerprint density at radius 1 is 1.53 bits per heavy atom. The first kappa shape index (κ1) is 12.5. The van der Waals surface area contributed by atoms with E-state index in [1.807, 2.05) is 0 Å². The Bertz CT molecular complexity index is 327. The van der Waals surface area contributed by atoms with E-state index in [1.54, 1.807) is 0 Å². The van der Waals surface area contributed by atoms with E-state index in [0.717, 1.165) is 13.0 Å². The third kappa shape index (κ3) is 3.26. The molecular weight excluding hydrogens is 216 g/mol. The molecule has 0 aromatic carbocycles. The Hall–Kier alpha value is -0.940. The predicted octanol–water partition coefficient (Wildman–Crippen LogP) is 0.930. The van der Waals surface area contributed by atoms with E-state index >= 15 is 0 Å². The number of aromatic nitrogens is 2. The smallest absolute Gasteiger partial charge is 0.227 e. The second-order valence-corrected chi connectivity index (χ2v) is 5.15. The molecule has 5 nitrogen and oxygen atoms in total. The third-order valence-electron chi connectivity index (χ3n) is 3.76. The lowest BCUT2D eigenvalue weighted by molar-refractivity contribution is 0.122. The largest absolute Gasteiger partial charge is 0.340 e. The van der Waals surface area contributed by atoms with Crippen LogP contribution in [-0.4, -0.2) is 47.3 Å².